The van der Waals surface area contributed by atoms with Crippen molar-refractivity contribution in [1.82, 2.24) is 14.5 Å². The summed E-state index contributed by atoms with van der Waals surface area (Å²) in [6.45, 7) is 10.1. The molecule has 1 N–H and O–H groups in total. The molecule has 2 aromatic carbocycles. The van der Waals surface area contributed by atoms with Gasteiger partial charge in [0.2, 0.25) is 0 Å². The third kappa shape index (κ3) is 5.15. The Balaban J connectivity index is 0.000000357. The van der Waals surface area contributed by atoms with Crippen LogP contribution in [0.4, 0.5) is 5.69 Å². The van der Waals surface area contributed by atoms with Crippen LogP contribution in [0, 0.1) is 6.57 Å². The number of pyridine rings is 1. The molecule has 171 valence electrons. The van der Waals surface area contributed by atoms with Gasteiger partial charge >= 0.3 is 0 Å². The van der Waals surface area contributed by atoms with Crippen LogP contribution < -0.4 is 4.98 Å². The summed E-state index contributed by atoms with van der Waals surface area (Å²) in [7, 11) is 0. The molecule has 1 radical (unpaired) electrons. The van der Waals surface area contributed by atoms with Gasteiger partial charge in [0.05, 0.1) is 18.0 Å². The predicted molar refractivity (Wildman–Crippen MR) is 131 cm³/mol. The molecule has 0 saturated heterocycles. The van der Waals surface area contributed by atoms with Crippen molar-refractivity contribution < 1.29 is 30.0 Å². The summed E-state index contributed by atoms with van der Waals surface area (Å²) in [5.41, 5.74) is 4.69. The number of aliphatic hydroxyl groups excluding tert-OH is 1. The molecule has 0 saturated carbocycles. The molecule has 0 spiro atoms. The number of rotatable bonds is 3. The molecular weight excluding hydrogens is 605 g/mol. The second kappa shape index (κ2) is 10.8. The zero-order chi connectivity index (χ0) is 23.4. The first-order chi connectivity index (χ1) is 16.0. The number of hydrogen-bond donors (Lipinski definition) is 1. The minimum absolute atomic E-state index is 0. The normalized spacial score (nSPS) is 10.8. The molecule has 3 aromatic heterocycles. The van der Waals surface area contributed by atoms with Crippen LogP contribution >= 0.6 is 0 Å². The number of fused-ring (bicyclic) bond motifs is 3. The molecule has 0 aliphatic rings. The first kappa shape index (κ1) is 24.7. The molecule has 5 aromatic rings. The van der Waals surface area contributed by atoms with E-state index in [0.717, 1.165) is 38.9 Å². The van der Waals surface area contributed by atoms with Gasteiger partial charge in [-0.2, -0.15) is 0 Å². The third-order valence-corrected chi connectivity index (χ3v) is 5.01. The molecule has 0 atom stereocenters. The number of benzene rings is 2. The monoisotopic (exact) mass is 626 g/mol. The van der Waals surface area contributed by atoms with E-state index >= 15 is 0 Å². The van der Waals surface area contributed by atoms with E-state index in [1.165, 1.54) is 19.9 Å². The SMILES string of the molecule is CC(=O)/C=C(/C)O.[C-]#[N+]c1ccc2c(c1)c1cccnc1n2-c1cc(-c2ccccc2)c[n-]1.[Ir]. The van der Waals surface area contributed by atoms with Gasteiger partial charge < -0.3 is 14.7 Å². The van der Waals surface area contributed by atoms with Gasteiger partial charge in [0, 0.05) is 37.8 Å². The van der Waals surface area contributed by atoms with Crippen LogP contribution in [-0.4, -0.2) is 20.4 Å². The van der Waals surface area contributed by atoms with Gasteiger partial charge in [-0.1, -0.05) is 66.6 Å². The number of hydrogen-bond acceptors (Lipinski definition) is 3. The van der Waals surface area contributed by atoms with Crippen LogP contribution in [0.3, 0.4) is 0 Å². The topological polar surface area (TPSA) is 73.6 Å². The van der Waals surface area contributed by atoms with E-state index in [-0.39, 0.29) is 31.6 Å². The van der Waals surface area contributed by atoms with Gasteiger partial charge in [-0.05, 0) is 48.0 Å². The molecule has 6 nitrogen and oxygen atoms in total. The van der Waals surface area contributed by atoms with E-state index in [4.69, 9.17) is 11.7 Å². The molecule has 7 heteroatoms. The van der Waals surface area contributed by atoms with E-state index in [1.807, 2.05) is 54.7 Å². The Bertz CT molecular complexity index is 1520. The Kier molecular flexibility index (Phi) is 7.80. The maximum absolute atomic E-state index is 10.0. The number of nitrogens with zero attached hydrogens (tertiary/aromatic N) is 4. The predicted octanol–water partition coefficient (Wildman–Crippen LogP) is 6.39. The molecule has 0 amide bonds. The Morgan fingerprint density at radius 3 is 2.44 bits per heavy atom. The van der Waals surface area contributed by atoms with Crippen molar-refractivity contribution in [3.8, 4) is 16.9 Å². The zero-order valence-corrected chi connectivity index (χ0v) is 21.0. The number of allylic oxidation sites excluding steroid dienone is 2. The van der Waals surface area contributed by atoms with E-state index in [9.17, 15) is 4.79 Å². The number of carbonyl (C=O) groups excluding carboxylic acids is 1. The first-order valence-corrected chi connectivity index (χ1v) is 10.3. The van der Waals surface area contributed by atoms with Crippen molar-refractivity contribution in [2.24, 2.45) is 0 Å². The van der Waals surface area contributed by atoms with Gasteiger partial charge in [-0.15, -0.1) is 0 Å². The number of ketones is 1. The van der Waals surface area contributed by atoms with Crippen LogP contribution in [0.1, 0.15) is 13.8 Å². The van der Waals surface area contributed by atoms with E-state index < -0.39 is 0 Å². The van der Waals surface area contributed by atoms with Crippen LogP contribution in [0.25, 0.3) is 43.7 Å². The number of aliphatic hydroxyl groups is 1. The Morgan fingerprint density at radius 2 is 1.79 bits per heavy atom. The largest absolute Gasteiger partial charge is 0.512 e. The van der Waals surface area contributed by atoms with Gasteiger partial charge in [-0.25, -0.2) is 4.85 Å². The molecule has 0 aliphatic carbocycles. The molecule has 0 unspecified atom stereocenters. The van der Waals surface area contributed by atoms with Crippen molar-refractivity contribution in [2.75, 3.05) is 0 Å². The summed E-state index contributed by atoms with van der Waals surface area (Å²) in [5, 5.41) is 10.4. The number of aromatic nitrogens is 3. The van der Waals surface area contributed by atoms with Crippen LogP contribution in [0.2, 0.25) is 0 Å². The Morgan fingerprint density at radius 1 is 1.03 bits per heavy atom. The summed E-state index contributed by atoms with van der Waals surface area (Å²) < 4.78 is 2.06. The molecule has 34 heavy (non-hydrogen) atoms. The van der Waals surface area contributed by atoms with Crippen molar-refractivity contribution in [1.29, 1.82) is 0 Å². The first-order valence-electron chi connectivity index (χ1n) is 10.3. The molecule has 5 rings (SSSR count). The molecule has 0 fully saturated rings. The molecule has 3 heterocycles. The van der Waals surface area contributed by atoms with Crippen LogP contribution in [0.5, 0.6) is 0 Å². The van der Waals surface area contributed by atoms with Crippen molar-refractivity contribution in [3.05, 3.63) is 102 Å². The molecular formula is C27H21IrN4O2-. The minimum Gasteiger partial charge on any atom is -0.512 e. The van der Waals surface area contributed by atoms with Gasteiger partial charge in [0.1, 0.15) is 0 Å². The van der Waals surface area contributed by atoms with E-state index in [1.54, 1.807) is 6.20 Å². The summed E-state index contributed by atoms with van der Waals surface area (Å²) in [6.07, 6.45) is 4.84. The summed E-state index contributed by atoms with van der Waals surface area (Å²) in [4.78, 5) is 22.8. The second-order valence-corrected chi connectivity index (χ2v) is 7.50. The maximum atomic E-state index is 10.0. The average molecular weight is 626 g/mol. The van der Waals surface area contributed by atoms with Crippen molar-refractivity contribution in [2.45, 2.75) is 13.8 Å². The van der Waals surface area contributed by atoms with Gasteiger partial charge in [-0.3, -0.25) is 9.78 Å². The quantitative estimate of drug-likeness (QED) is 0.143. The Labute approximate surface area is 210 Å². The smallest absolute Gasteiger partial charge is 0.187 e. The fourth-order valence-electron chi connectivity index (χ4n) is 3.69. The third-order valence-electron chi connectivity index (χ3n) is 5.01. The van der Waals surface area contributed by atoms with Crippen LogP contribution in [0.15, 0.2) is 91.0 Å². The van der Waals surface area contributed by atoms with Crippen molar-refractivity contribution >= 4 is 33.4 Å². The summed E-state index contributed by atoms with van der Waals surface area (Å²) in [5.74, 6) is 0.769. The van der Waals surface area contributed by atoms with Gasteiger partial charge in [0.15, 0.2) is 11.5 Å². The van der Waals surface area contributed by atoms with E-state index in [0.29, 0.717) is 5.69 Å². The summed E-state index contributed by atoms with van der Waals surface area (Å²) in [6, 6.07) is 22.0. The maximum Gasteiger partial charge on any atom is 0.187 e. The zero-order valence-electron chi connectivity index (χ0n) is 18.6. The second-order valence-electron chi connectivity index (χ2n) is 7.50. The minimum atomic E-state index is -0.125. The average Bonchev–Trinajstić information content (AvgIpc) is 3.41. The molecule has 0 bridgehead atoms. The van der Waals surface area contributed by atoms with Gasteiger partial charge in [0.25, 0.3) is 0 Å². The van der Waals surface area contributed by atoms with Crippen LogP contribution in [-0.2, 0) is 24.9 Å². The fraction of sp³-hybridized carbons (Fsp3) is 0.0741. The molecule has 0 aliphatic heterocycles. The standard InChI is InChI=1S/C22H13N4.C5H8O2.Ir/c1-23-17-9-10-20-19(13-17)18-8-5-11-24-22(18)26(20)21-12-16(14-25-21)15-6-3-2-4-7-15;1-4(6)3-5(2)7;/h2-14H;3,6H,1-2H3;/q-1;;/b;4-3-;. The fourth-order valence-corrected chi connectivity index (χ4v) is 3.69. The number of carbonyl (C=O) groups is 1. The summed E-state index contributed by atoms with van der Waals surface area (Å²) >= 11 is 0. The van der Waals surface area contributed by atoms with Crippen molar-refractivity contribution in [3.63, 3.8) is 0 Å². The van der Waals surface area contributed by atoms with E-state index in [2.05, 4.69) is 37.6 Å². The Hall–Kier alpha value is -3.98.